The zero-order chi connectivity index (χ0) is 17.0. The fourth-order valence-electron chi connectivity index (χ4n) is 2.11. The van der Waals surface area contributed by atoms with Gasteiger partial charge in [0.1, 0.15) is 11.5 Å². The number of hydrogen-bond acceptors (Lipinski definition) is 4. The largest absolute Gasteiger partial charge is 0.497 e. The van der Waals surface area contributed by atoms with Crippen molar-refractivity contribution in [2.24, 2.45) is 0 Å². The van der Waals surface area contributed by atoms with Crippen LogP contribution in [0.3, 0.4) is 0 Å². The van der Waals surface area contributed by atoms with E-state index in [1.54, 1.807) is 37.3 Å². The number of benzene rings is 2. The van der Waals surface area contributed by atoms with Crippen LogP contribution >= 0.6 is 0 Å². The molecule has 6 nitrogen and oxygen atoms in total. The number of carboxylic acid groups (broad SMARTS) is 1. The second-order valence-electron chi connectivity index (χ2n) is 4.86. The molecule has 6 heteroatoms. The summed E-state index contributed by atoms with van der Waals surface area (Å²) < 4.78 is 10.3. The molecule has 0 heterocycles. The summed E-state index contributed by atoms with van der Waals surface area (Å²) in [6.45, 7) is 1.70. The summed E-state index contributed by atoms with van der Waals surface area (Å²) in [5.74, 6) is -0.500. The Kier molecular flexibility index (Phi) is 4.85. The highest BCUT2D eigenvalue weighted by Gasteiger charge is 2.15. The number of carbonyl (C=O) groups excluding carboxylic acids is 1. The highest BCUT2D eigenvalue weighted by Crippen LogP contribution is 2.25. The molecular formula is C17H17NO5. The van der Waals surface area contributed by atoms with Crippen molar-refractivity contribution in [1.82, 2.24) is 0 Å². The van der Waals surface area contributed by atoms with Gasteiger partial charge >= 0.3 is 5.97 Å². The van der Waals surface area contributed by atoms with Gasteiger partial charge in [0.05, 0.1) is 25.3 Å². The molecule has 0 unspecified atom stereocenters. The lowest BCUT2D eigenvalue weighted by Gasteiger charge is -2.11. The Morgan fingerprint density at radius 1 is 1.00 bits per heavy atom. The SMILES string of the molecule is COc1ccc(C(=O)Nc2ccc(C)c(C(=O)O)c2)c(OC)c1. The van der Waals surface area contributed by atoms with E-state index >= 15 is 0 Å². The molecule has 0 saturated heterocycles. The smallest absolute Gasteiger partial charge is 0.336 e. The van der Waals surface area contributed by atoms with Crippen molar-refractivity contribution in [1.29, 1.82) is 0 Å². The second kappa shape index (κ2) is 6.83. The summed E-state index contributed by atoms with van der Waals surface area (Å²) in [6.07, 6.45) is 0. The van der Waals surface area contributed by atoms with Crippen LogP contribution in [-0.2, 0) is 0 Å². The Balaban J connectivity index is 2.29. The molecule has 2 rings (SSSR count). The Labute approximate surface area is 133 Å². The van der Waals surface area contributed by atoms with E-state index in [0.29, 0.717) is 28.3 Å². The van der Waals surface area contributed by atoms with E-state index in [1.165, 1.54) is 20.3 Å². The zero-order valence-corrected chi connectivity index (χ0v) is 13.0. The lowest BCUT2D eigenvalue weighted by molar-refractivity contribution is 0.0695. The van der Waals surface area contributed by atoms with Gasteiger partial charge in [0.2, 0.25) is 0 Å². The van der Waals surface area contributed by atoms with Crippen LogP contribution in [0.1, 0.15) is 26.3 Å². The van der Waals surface area contributed by atoms with Gasteiger partial charge in [-0.1, -0.05) is 6.07 Å². The molecule has 2 aromatic carbocycles. The van der Waals surface area contributed by atoms with Gasteiger partial charge in [-0.25, -0.2) is 4.79 Å². The minimum absolute atomic E-state index is 0.143. The first-order chi connectivity index (χ1) is 11.0. The number of rotatable bonds is 5. The topological polar surface area (TPSA) is 84.9 Å². The van der Waals surface area contributed by atoms with E-state index in [4.69, 9.17) is 14.6 Å². The van der Waals surface area contributed by atoms with Gasteiger partial charge in [0.15, 0.2) is 0 Å². The van der Waals surface area contributed by atoms with Crippen LogP contribution in [0.15, 0.2) is 36.4 Å². The summed E-state index contributed by atoms with van der Waals surface area (Å²) in [4.78, 5) is 23.5. The summed E-state index contributed by atoms with van der Waals surface area (Å²) >= 11 is 0. The fraction of sp³-hybridized carbons (Fsp3) is 0.176. The van der Waals surface area contributed by atoms with Crippen molar-refractivity contribution < 1.29 is 24.2 Å². The molecule has 2 N–H and O–H groups in total. The number of nitrogens with one attached hydrogen (secondary N) is 1. The number of carboxylic acids is 1. The van der Waals surface area contributed by atoms with Crippen LogP contribution in [0.5, 0.6) is 11.5 Å². The minimum Gasteiger partial charge on any atom is -0.497 e. The van der Waals surface area contributed by atoms with E-state index in [-0.39, 0.29) is 5.56 Å². The average Bonchev–Trinajstić information content (AvgIpc) is 2.55. The van der Waals surface area contributed by atoms with Gasteiger partial charge in [-0.05, 0) is 36.8 Å². The Morgan fingerprint density at radius 3 is 2.35 bits per heavy atom. The fourth-order valence-corrected chi connectivity index (χ4v) is 2.11. The van der Waals surface area contributed by atoms with Gasteiger partial charge in [-0.2, -0.15) is 0 Å². The van der Waals surface area contributed by atoms with Crippen LogP contribution in [0, 0.1) is 6.92 Å². The first-order valence-corrected chi connectivity index (χ1v) is 6.83. The van der Waals surface area contributed by atoms with Crippen LogP contribution in [0.2, 0.25) is 0 Å². The van der Waals surface area contributed by atoms with E-state index in [0.717, 1.165) is 0 Å². The normalized spacial score (nSPS) is 10.0. The molecule has 0 saturated carbocycles. The van der Waals surface area contributed by atoms with Crippen LogP contribution in [0.25, 0.3) is 0 Å². The van der Waals surface area contributed by atoms with Crippen LogP contribution in [0.4, 0.5) is 5.69 Å². The molecule has 0 aromatic heterocycles. The van der Waals surface area contributed by atoms with Crippen LogP contribution in [-0.4, -0.2) is 31.2 Å². The standard InChI is InChI=1S/C17H17NO5/c1-10-4-5-11(8-14(10)17(20)21)18-16(19)13-7-6-12(22-2)9-15(13)23-3/h4-9H,1-3H3,(H,18,19)(H,20,21). The van der Waals surface area contributed by atoms with Crippen molar-refractivity contribution in [2.45, 2.75) is 6.92 Å². The van der Waals surface area contributed by atoms with E-state index < -0.39 is 11.9 Å². The lowest BCUT2D eigenvalue weighted by Crippen LogP contribution is -2.14. The Hall–Kier alpha value is -3.02. The summed E-state index contributed by atoms with van der Waals surface area (Å²) in [6, 6.07) is 9.55. The molecule has 0 aliphatic rings. The molecule has 2 aromatic rings. The predicted octanol–water partition coefficient (Wildman–Crippen LogP) is 2.96. The number of anilines is 1. The second-order valence-corrected chi connectivity index (χ2v) is 4.86. The molecule has 0 spiro atoms. The molecule has 0 bridgehead atoms. The number of hydrogen-bond donors (Lipinski definition) is 2. The van der Waals surface area contributed by atoms with Crippen molar-refractivity contribution in [3.63, 3.8) is 0 Å². The molecule has 120 valence electrons. The monoisotopic (exact) mass is 315 g/mol. The summed E-state index contributed by atoms with van der Waals surface area (Å²) in [5, 5.41) is 11.8. The van der Waals surface area contributed by atoms with Crippen molar-refractivity contribution in [3.8, 4) is 11.5 Å². The molecule has 0 atom stereocenters. The highest BCUT2D eigenvalue weighted by atomic mass is 16.5. The number of carbonyl (C=O) groups is 2. The molecule has 1 amide bonds. The van der Waals surface area contributed by atoms with Gasteiger partial charge in [-0.3, -0.25) is 4.79 Å². The number of ether oxygens (including phenoxy) is 2. The molecule has 0 radical (unpaired) electrons. The Bertz CT molecular complexity index is 755. The molecular weight excluding hydrogens is 298 g/mol. The summed E-state index contributed by atoms with van der Waals surface area (Å²) in [5.41, 5.74) is 1.49. The molecule has 0 fully saturated rings. The number of amides is 1. The van der Waals surface area contributed by atoms with Crippen LogP contribution < -0.4 is 14.8 Å². The third-order valence-electron chi connectivity index (χ3n) is 3.38. The highest BCUT2D eigenvalue weighted by molar-refractivity contribution is 6.06. The van der Waals surface area contributed by atoms with Gasteiger partial charge < -0.3 is 19.9 Å². The molecule has 23 heavy (non-hydrogen) atoms. The number of aryl methyl sites for hydroxylation is 1. The maximum absolute atomic E-state index is 12.4. The lowest BCUT2D eigenvalue weighted by atomic mass is 10.1. The minimum atomic E-state index is -1.04. The van der Waals surface area contributed by atoms with Gasteiger partial charge in [0, 0.05) is 11.8 Å². The number of aromatic carboxylic acids is 1. The van der Waals surface area contributed by atoms with Crippen molar-refractivity contribution in [2.75, 3.05) is 19.5 Å². The summed E-state index contributed by atoms with van der Waals surface area (Å²) in [7, 11) is 2.98. The van der Waals surface area contributed by atoms with Crippen molar-refractivity contribution >= 4 is 17.6 Å². The maximum atomic E-state index is 12.4. The van der Waals surface area contributed by atoms with E-state index in [1.807, 2.05) is 0 Å². The van der Waals surface area contributed by atoms with Gasteiger partial charge in [0.25, 0.3) is 5.91 Å². The third kappa shape index (κ3) is 3.60. The number of methoxy groups -OCH3 is 2. The first kappa shape index (κ1) is 16.4. The van der Waals surface area contributed by atoms with Gasteiger partial charge in [-0.15, -0.1) is 0 Å². The van der Waals surface area contributed by atoms with E-state index in [9.17, 15) is 9.59 Å². The average molecular weight is 315 g/mol. The third-order valence-corrected chi connectivity index (χ3v) is 3.38. The molecule has 0 aliphatic heterocycles. The predicted molar refractivity (Wildman–Crippen MR) is 85.6 cm³/mol. The maximum Gasteiger partial charge on any atom is 0.336 e. The quantitative estimate of drug-likeness (QED) is 0.886. The zero-order valence-electron chi connectivity index (χ0n) is 13.0. The molecule has 0 aliphatic carbocycles. The first-order valence-electron chi connectivity index (χ1n) is 6.83. The van der Waals surface area contributed by atoms with E-state index in [2.05, 4.69) is 5.32 Å². The van der Waals surface area contributed by atoms with Crippen molar-refractivity contribution in [3.05, 3.63) is 53.1 Å². The Morgan fingerprint density at radius 2 is 1.74 bits per heavy atom.